The Kier molecular flexibility index (Phi) is 2.72. The molecule has 1 aromatic carbocycles. The highest BCUT2D eigenvalue weighted by atomic mass is 35.5. The Bertz CT molecular complexity index is 779. The average Bonchev–Trinajstić information content (AvgIpc) is 2.84. The Morgan fingerprint density at radius 3 is 2.84 bits per heavy atom. The smallest absolute Gasteiger partial charge is 0.248 e. The second-order valence-electron chi connectivity index (χ2n) is 4.18. The molecule has 0 aliphatic heterocycles. The maximum Gasteiger partial charge on any atom is 0.248 e. The lowest BCUT2D eigenvalue weighted by atomic mass is 10.1. The van der Waals surface area contributed by atoms with E-state index in [4.69, 9.17) is 17.3 Å². The number of fused-ring (bicyclic) bond motifs is 1. The summed E-state index contributed by atoms with van der Waals surface area (Å²) in [6.45, 7) is 0. The molecule has 4 nitrogen and oxygen atoms in total. The predicted molar refractivity (Wildman–Crippen MR) is 75.1 cm³/mol. The van der Waals surface area contributed by atoms with E-state index in [0.717, 1.165) is 16.6 Å². The second-order valence-corrected chi connectivity index (χ2v) is 4.59. The van der Waals surface area contributed by atoms with Crippen molar-refractivity contribution in [3.05, 3.63) is 53.2 Å². The quantitative estimate of drug-likeness (QED) is 0.752. The van der Waals surface area contributed by atoms with Crippen LogP contribution in [-0.4, -0.2) is 15.9 Å². The molecule has 0 spiro atoms. The molecule has 5 heteroatoms. The van der Waals surface area contributed by atoms with Crippen LogP contribution in [-0.2, 0) is 0 Å². The summed E-state index contributed by atoms with van der Waals surface area (Å²) in [6.07, 6.45) is 1.64. The largest absolute Gasteiger partial charge is 0.366 e. The van der Waals surface area contributed by atoms with Crippen molar-refractivity contribution in [2.24, 2.45) is 5.73 Å². The number of carbonyl (C=O) groups excluding carboxylic acids is 1. The number of nitrogens with one attached hydrogen (secondary N) is 1. The van der Waals surface area contributed by atoms with Crippen molar-refractivity contribution >= 4 is 28.5 Å². The minimum atomic E-state index is -0.450. The minimum absolute atomic E-state index is 0.450. The van der Waals surface area contributed by atoms with Gasteiger partial charge in [0.05, 0.1) is 5.02 Å². The van der Waals surface area contributed by atoms with E-state index in [2.05, 4.69) is 9.97 Å². The Labute approximate surface area is 114 Å². The lowest BCUT2D eigenvalue weighted by Gasteiger charge is -2.00. The molecule has 0 aliphatic rings. The van der Waals surface area contributed by atoms with Gasteiger partial charge in [-0.2, -0.15) is 0 Å². The van der Waals surface area contributed by atoms with Crippen LogP contribution >= 0.6 is 11.6 Å². The summed E-state index contributed by atoms with van der Waals surface area (Å²) in [6, 6.07) is 10.7. The number of pyridine rings is 1. The Morgan fingerprint density at radius 1 is 1.26 bits per heavy atom. The number of hydrogen-bond acceptors (Lipinski definition) is 2. The van der Waals surface area contributed by atoms with Crippen LogP contribution in [0.1, 0.15) is 10.4 Å². The highest BCUT2D eigenvalue weighted by Crippen LogP contribution is 2.27. The zero-order valence-corrected chi connectivity index (χ0v) is 10.6. The number of nitrogens with zero attached hydrogens (tertiary/aromatic N) is 1. The molecule has 2 aromatic heterocycles. The van der Waals surface area contributed by atoms with Gasteiger partial charge in [0.1, 0.15) is 5.65 Å². The molecule has 94 valence electrons. The Hall–Kier alpha value is -2.33. The average molecular weight is 272 g/mol. The molecule has 0 radical (unpaired) electrons. The number of nitrogens with two attached hydrogens (primary N) is 1. The molecular weight excluding hydrogens is 262 g/mol. The fourth-order valence-electron chi connectivity index (χ4n) is 1.99. The van der Waals surface area contributed by atoms with Gasteiger partial charge in [0.15, 0.2) is 0 Å². The molecule has 0 unspecified atom stereocenters. The van der Waals surface area contributed by atoms with E-state index < -0.39 is 5.91 Å². The maximum atomic E-state index is 11.2. The number of halogens is 1. The zero-order chi connectivity index (χ0) is 13.4. The molecule has 0 saturated heterocycles. The molecular formula is C14H10ClN3O. The topological polar surface area (TPSA) is 71.8 Å². The Balaban J connectivity index is 2.16. The van der Waals surface area contributed by atoms with E-state index >= 15 is 0 Å². The van der Waals surface area contributed by atoms with Crippen molar-refractivity contribution in [2.45, 2.75) is 0 Å². The van der Waals surface area contributed by atoms with Crippen LogP contribution < -0.4 is 5.73 Å². The van der Waals surface area contributed by atoms with Crippen molar-refractivity contribution in [3.63, 3.8) is 0 Å². The first-order valence-corrected chi connectivity index (χ1v) is 6.06. The minimum Gasteiger partial charge on any atom is -0.366 e. The number of benzene rings is 1. The lowest BCUT2D eigenvalue weighted by molar-refractivity contribution is 0.100. The van der Waals surface area contributed by atoms with Crippen molar-refractivity contribution in [1.82, 2.24) is 9.97 Å². The molecule has 0 aliphatic carbocycles. The van der Waals surface area contributed by atoms with Gasteiger partial charge in [-0.05, 0) is 29.8 Å². The number of carbonyl (C=O) groups is 1. The van der Waals surface area contributed by atoms with E-state index in [1.165, 1.54) is 0 Å². The molecule has 3 N–H and O–H groups in total. The van der Waals surface area contributed by atoms with Gasteiger partial charge in [0.2, 0.25) is 5.91 Å². The number of rotatable bonds is 2. The van der Waals surface area contributed by atoms with Crippen molar-refractivity contribution < 1.29 is 4.79 Å². The summed E-state index contributed by atoms with van der Waals surface area (Å²) < 4.78 is 0. The number of H-pyrrole nitrogens is 1. The van der Waals surface area contributed by atoms with Crippen LogP contribution in [0.15, 0.2) is 42.6 Å². The highest BCUT2D eigenvalue weighted by Gasteiger charge is 2.08. The van der Waals surface area contributed by atoms with Crippen LogP contribution in [0.25, 0.3) is 22.3 Å². The van der Waals surface area contributed by atoms with Gasteiger partial charge in [-0.1, -0.05) is 23.7 Å². The SMILES string of the molecule is NC(=O)c1cccc(-c2cc3c(Cl)ccnc3[nH]2)c1. The van der Waals surface area contributed by atoms with Crippen LogP contribution in [0.5, 0.6) is 0 Å². The lowest BCUT2D eigenvalue weighted by Crippen LogP contribution is -2.10. The van der Waals surface area contributed by atoms with Crippen LogP contribution in [0.3, 0.4) is 0 Å². The number of amides is 1. The van der Waals surface area contributed by atoms with Gasteiger partial charge >= 0.3 is 0 Å². The first-order valence-electron chi connectivity index (χ1n) is 5.68. The third kappa shape index (κ3) is 2.06. The first-order chi connectivity index (χ1) is 9.15. The fourth-order valence-corrected chi connectivity index (χ4v) is 2.19. The number of primary amides is 1. The molecule has 2 heterocycles. The fraction of sp³-hybridized carbons (Fsp3) is 0. The second kappa shape index (κ2) is 4.40. The molecule has 3 aromatic rings. The maximum absolute atomic E-state index is 11.2. The normalized spacial score (nSPS) is 10.8. The van der Waals surface area contributed by atoms with Gasteiger partial charge in [-0.25, -0.2) is 4.98 Å². The van der Waals surface area contributed by atoms with Crippen molar-refractivity contribution in [2.75, 3.05) is 0 Å². The van der Waals surface area contributed by atoms with E-state index in [1.54, 1.807) is 30.5 Å². The summed E-state index contributed by atoms with van der Waals surface area (Å²) in [7, 11) is 0. The van der Waals surface area contributed by atoms with Gasteiger partial charge in [-0.3, -0.25) is 4.79 Å². The van der Waals surface area contributed by atoms with Gasteiger partial charge < -0.3 is 10.7 Å². The third-order valence-electron chi connectivity index (χ3n) is 2.94. The highest BCUT2D eigenvalue weighted by molar-refractivity contribution is 6.35. The first kappa shape index (κ1) is 11.7. The summed E-state index contributed by atoms with van der Waals surface area (Å²) >= 11 is 6.11. The molecule has 3 rings (SSSR count). The summed E-state index contributed by atoms with van der Waals surface area (Å²) in [4.78, 5) is 18.6. The summed E-state index contributed by atoms with van der Waals surface area (Å²) in [5, 5.41) is 1.49. The monoisotopic (exact) mass is 271 g/mol. The van der Waals surface area contributed by atoms with E-state index in [0.29, 0.717) is 16.2 Å². The van der Waals surface area contributed by atoms with Crippen molar-refractivity contribution in [3.8, 4) is 11.3 Å². The van der Waals surface area contributed by atoms with Crippen LogP contribution in [0, 0.1) is 0 Å². The molecule has 0 saturated carbocycles. The standard InChI is InChI=1S/C14H10ClN3O/c15-11-4-5-17-14-10(11)7-12(18-14)8-2-1-3-9(6-8)13(16)19/h1-7H,(H2,16,19)(H,17,18). The van der Waals surface area contributed by atoms with Gasteiger partial charge in [0.25, 0.3) is 0 Å². The van der Waals surface area contributed by atoms with Gasteiger partial charge in [0, 0.05) is 22.8 Å². The third-order valence-corrected chi connectivity index (χ3v) is 3.27. The predicted octanol–water partition coefficient (Wildman–Crippen LogP) is 2.98. The molecule has 0 fully saturated rings. The summed E-state index contributed by atoms with van der Waals surface area (Å²) in [5.41, 5.74) is 8.17. The number of aromatic nitrogens is 2. The van der Waals surface area contributed by atoms with E-state index in [-0.39, 0.29) is 0 Å². The molecule has 19 heavy (non-hydrogen) atoms. The molecule has 1 amide bonds. The molecule has 0 bridgehead atoms. The van der Waals surface area contributed by atoms with Crippen LogP contribution in [0.2, 0.25) is 5.02 Å². The van der Waals surface area contributed by atoms with E-state index in [1.807, 2.05) is 12.1 Å². The number of hydrogen-bond donors (Lipinski definition) is 2. The van der Waals surface area contributed by atoms with Crippen molar-refractivity contribution in [1.29, 1.82) is 0 Å². The Morgan fingerprint density at radius 2 is 2.11 bits per heavy atom. The van der Waals surface area contributed by atoms with Crippen LogP contribution in [0.4, 0.5) is 0 Å². The number of aromatic amines is 1. The van der Waals surface area contributed by atoms with Gasteiger partial charge in [-0.15, -0.1) is 0 Å². The molecule has 0 atom stereocenters. The van der Waals surface area contributed by atoms with E-state index in [9.17, 15) is 4.79 Å². The summed E-state index contributed by atoms with van der Waals surface area (Å²) in [5.74, 6) is -0.450. The zero-order valence-electron chi connectivity index (χ0n) is 9.85.